The van der Waals surface area contributed by atoms with Gasteiger partial charge in [-0.1, -0.05) is 0 Å². The smallest absolute Gasteiger partial charge is 0.328 e. The van der Waals surface area contributed by atoms with Gasteiger partial charge in [0.05, 0.1) is 6.26 Å². The van der Waals surface area contributed by atoms with Crippen LogP contribution in [0.2, 0.25) is 0 Å². The standard InChI is InChI=1S/C21H25N3O5/c1-12(19(25)28-11-17-23-24-18(29-17)16-3-2-4-27-16)22-20(26)21-8-13-5-14(9-21)7-15(6-13)10-21/h2-4,12-15H,5-11H2,1H3,(H,22,26)/t12-,13?,14?,15?,21?/m0/s1. The van der Waals surface area contributed by atoms with Crippen molar-refractivity contribution >= 4 is 11.9 Å². The molecule has 4 fully saturated rings. The van der Waals surface area contributed by atoms with E-state index in [1.807, 2.05) is 0 Å². The van der Waals surface area contributed by atoms with Crippen LogP contribution in [0.5, 0.6) is 0 Å². The van der Waals surface area contributed by atoms with Crippen molar-refractivity contribution in [3.63, 3.8) is 0 Å². The zero-order valence-corrected chi connectivity index (χ0v) is 16.4. The molecule has 1 amide bonds. The zero-order valence-electron chi connectivity index (χ0n) is 16.4. The molecule has 2 heterocycles. The molecule has 8 heteroatoms. The molecule has 29 heavy (non-hydrogen) atoms. The highest BCUT2D eigenvalue weighted by molar-refractivity contribution is 5.88. The van der Waals surface area contributed by atoms with Gasteiger partial charge in [-0.2, -0.15) is 0 Å². The Balaban J connectivity index is 1.15. The molecule has 0 aromatic carbocycles. The molecule has 0 saturated heterocycles. The molecular weight excluding hydrogens is 374 g/mol. The van der Waals surface area contributed by atoms with Gasteiger partial charge in [-0.3, -0.25) is 4.79 Å². The maximum atomic E-state index is 13.1. The van der Waals surface area contributed by atoms with Crippen LogP contribution in [0.4, 0.5) is 0 Å². The number of rotatable bonds is 6. The van der Waals surface area contributed by atoms with E-state index in [1.165, 1.54) is 25.5 Å². The molecule has 2 aromatic heterocycles. The van der Waals surface area contributed by atoms with Crippen molar-refractivity contribution in [2.45, 2.75) is 58.1 Å². The monoisotopic (exact) mass is 399 g/mol. The Bertz CT molecular complexity index is 868. The summed E-state index contributed by atoms with van der Waals surface area (Å²) < 4.78 is 15.9. The molecule has 1 N–H and O–H groups in total. The normalized spacial score (nSPS) is 30.9. The van der Waals surface area contributed by atoms with Gasteiger partial charge in [0, 0.05) is 5.41 Å². The molecule has 4 saturated carbocycles. The molecular formula is C21H25N3O5. The van der Waals surface area contributed by atoms with Gasteiger partial charge in [0.1, 0.15) is 6.04 Å². The summed E-state index contributed by atoms with van der Waals surface area (Å²) in [7, 11) is 0. The highest BCUT2D eigenvalue weighted by Crippen LogP contribution is 2.60. The van der Waals surface area contributed by atoms with Crippen molar-refractivity contribution < 1.29 is 23.2 Å². The maximum Gasteiger partial charge on any atom is 0.328 e. The number of nitrogens with zero attached hydrogens (tertiary/aromatic N) is 2. The van der Waals surface area contributed by atoms with Crippen LogP contribution in [0.15, 0.2) is 27.2 Å². The topological polar surface area (TPSA) is 107 Å². The molecule has 154 valence electrons. The van der Waals surface area contributed by atoms with Gasteiger partial charge < -0.3 is 18.9 Å². The number of carbonyl (C=O) groups excluding carboxylic acids is 2. The first kappa shape index (κ1) is 18.4. The summed E-state index contributed by atoms with van der Waals surface area (Å²) in [5.74, 6) is 2.38. The van der Waals surface area contributed by atoms with E-state index in [9.17, 15) is 9.59 Å². The van der Waals surface area contributed by atoms with E-state index in [4.69, 9.17) is 13.6 Å². The summed E-state index contributed by atoms with van der Waals surface area (Å²) in [5.41, 5.74) is -0.284. The molecule has 0 aliphatic heterocycles. The van der Waals surface area contributed by atoms with Crippen molar-refractivity contribution in [2.75, 3.05) is 0 Å². The lowest BCUT2D eigenvalue weighted by Crippen LogP contribution is -2.55. The molecule has 4 aliphatic carbocycles. The quantitative estimate of drug-likeness (QED) is 0.744. The maximum absolute atomic E-state index is 13.1. The zero-order chi connectivity index (χ0) is 20.0. The average molecular weight is 399 g/mol. The number of esters is 1. The first-order chi connectivity index (χ1) is 14.0. The number of amides is 1. The second kappa shape index (κ2) is 7.00. The highest BCUT2D eigenvalue weighted by atomic mass is 16.5. The SMILES string of the molecule is C[C@H](NC(=O)C12CC3CC(CC(C3)C1)C2)C(=O)OCc1nnc(-c2ccco2)o1. The number of ether oxygens (including phenoxy) is 1. The Morgan fingerprint density at radius 3 is 2.52 bits per heavy atom. The minimum atomic E-state index is -0.719. The van der Waals surface area contributed by atoms with Crippen LogP contribution < -0.4 is 5.32 Å². The minimum Gasteiger partial charge on any atom is -0.459 e. The Morgan fingerprint density at radius 2 is 1.90 bits per heavy atom. The van der Waals surface area contributed by atoms with E-state index >= 15 is 0 Å². The fourth-order valence-electron chi connectivity index (χ4n) is 5.87. The van der Waals surface area contributed by atoms with Crippen molar-refractivity contribution in [1.82, 2.24) is 15.5 Å². The Kier molecular flexibility index (Phi) is 4.44. The first-order valence-corrected chi connectivity index (χ1v) is 10.3. The number of hydrogen-bond acceptors (Lipinski definition) is 7. The Hall–Kier alpha value is -2.64. The van der Waals surface area contributed by atoms with Crippen LogP contribution in [0.25, 0.3) is 11.7 Å². The number of hydrogen-bond donors (Lipinski definition) is 1. The van der Waals surface area contributed by atoms with Gasteiger partial charge in [0.25, 0.3) is 11.8 Å². The Labute approximate surface area is 168 Å². The molecule has 2 aromatic rings. The third kappa shape index (κ3) is 3.45. The average Bonchev–Trinajstić information content (AvgIpc) is 3.36. The van der Waals surface area contributed by atoms with Crippen LogP contribution in [0.3, 0.4) is 0 Å². The van der Waals surface area contributed by atoms with E-state index in [0.29, 0.717) is 23.5 Å². The van der Waals surface area contributed by atoms with Crippen LogP contribution >= 0.6 is 0 Å². The molecule has 6 rings (SSSR count). The predicted octanol–water partition coefficient (Wildman–Crippen LogP) is 3.09. The third-order valence-corrected chi connectivity index (χ3v) is 6.76. The lowest BCUT2D eigenvalue weighted by molar-refractivity contribution is -0.154. The van der Waals surface area contributed by atoms with Gasteiger partial charge in [-0.25, -0.2) is 4.79 Å². The van der Waals surface area contributed by atoms with Crippen molar-refractivity contribution in [1.29, 1.82) is 0 Å². The lowest BCUT2D eigenvalue weighted by atomic mass is 9.49. The number of furan rings is 1. The van der Waals surface area contributed by atoms with Crippen LogP contribution in [-0.4, -0.2) is 28.1 Å². The molecule has 0 radical (unpaired) electrons. The first-order valence-electron chi connectivity index (χ1n) is 10.3. The third-order valence-electron chi connectivity index (χ3n) is 6.76. The van der Waals surface area contributed by atoms with Crippen LogP contribution in [0, 0.1) is 23.2 Å². The number of carbonyl (C=O) groups is 2. The molecule has 4 bridgehead atoms. The molecule has 1 atom stereocenters. The van der Waals surface area contributed by atoms with E-state index in [2.05, 4.69) is 15.5 Å². The van der Waals surface area contributed by atoms with E-state index < -0.39 is 12.0 Å². The number of nitrogens with one attached hydrogen (secondary N) is 1. The largest absolute Gasteiger partial charge is 0.459 e. The van der Waals surface area contributed by atoms with Gasteiger partial charge in [-0.15, -0.1) is 10.2 Å². The molecule has 8 nitrogen and oxygen atoms in total. The summed E-state index contributed by atoms with van der Waals surface area (Å²) in [6.45, 7) is 1.51. The summed E-state index contributed by atoms with van der Waals surface area (Å²) in [6, 6.07) is 2.70. The van der Waals surface area contributed by atoms with Crippen LogP contribution in [-0.2, 0) is 20.9 Å². The Morgan fingerprint density at radius 1 is 1.21 bits per heavy atom. The summed E-state index contributed by atoms with van der Waals surface area (Å²) >= 11 is 0. The summed E-state index contributed by atoms with van der Waals surface area (Å²) in [6.07, 6.45) is 8.21. The van der Waals surface area contributed by atoms with Crippen molar-refractivity contribution in [2.24, 2.45) is 23.2 Å². The number of aromatic nitrogens is 2. The van der Waals surface area contributed by atoms with Gasteiger partial charge in [0.2, 0.25) is 5.91 Å². The molecule has 0 spiro atoms. The van der Waals surface area contributed by atoms with Crippen molar-refractivity contribution in [3.05, 3.63) is 24.3 Å². The van der Waals surface area contributed by atoms with Crippen LogP contribution in [0.1, 0.15) is 51.3 Å². The lowest BCUT2D eigenvalue weighted by Gasteiger charge is -2.55. The molecule has 4 aliphatic rings. The predicted molar refractivity (Wildman–Crippen MR) is 100 cm³/mol. The molecule has 0 unspecified atom stereocenters. The fourth-order valence-corrected chi connectivity index (χ4v) is 5.87. The second-order valence-corrected chi connectivity index (χ2v) is 8.98. The van der Waals surface area contributed by atoms with Gasteiger partial charge in [-0.05, 0) is 75.3 Å². The summed E-state index contributed by atoms with van der Waals surface area (Å²) in [4.78, 5) is 25.4. The van der Waals surface area contributed by atoms with Gasteiger partial charge >= 0.3 is 5.97 Å². The minimum absolute atomic E-state index is 0.0129. The van der Waals surface area contributed by atoms with E-state index in [1.54, 1.807) is 19.1 Å². The second-order valence-electron chi connectivity index (χ2n) is 8.98. The van der Waals surface area contributed by atoms with E-state index in [-0.39, 0.29) is 29.7 Å². The van der Waals surface area contributed by atoms with E-state index in [0.717, 1.165) is 19.3 Å². The fraction of sp³-hybridized carbons (Fsp3) is 0.619. The summed E-state index contributed by atoms with van der Waals surface area (Å²) in [5, 5.41) is 10.6. The van der Waals surface area contributed by atoms with Crippen molar-refractivity contribution in [3.8, 4) is 11.7 Å². The highest BCUT2D eigenvalue weighted by Gasteiger charge is 2.54. The van der Waals surface area contributed by atoms with Gasteiger partial charge in [0.15, 0.2) is 12.4 Å².